The second kappa shape index (κ2) is 9.06. The number of hydrazone groups is 1. The van der Waals surface area contributed by atoms with E-state index in [2.05, 4.69) is 10.5 Å². The van der Waals surface area contributed by atoms with Crippen LogP contribution in [-0.2, 0) is 10.4 Å². The number of nitrogens with zero attached hydrogens (tertiary/aromatic N) is 2. The topological polar surface area (TPSA) is 134 Å². The van der Waals surface area contributed by atoms with E-state index in [9.17, 15) is 25.1 Å². The maximum atomic E-state index is 13.0. The summed E-state index contributed by atoms with van der Waals surface area (Å²) in [5.74, 6) is -1.59. The molecule has 0 aliphatic heterocycles. The van der Waals surface area contributed by atoms with Gasteiger partial charge in [-0.2, -0.15) is 5.10 Å². The Bertz CT molecular complexity index is 1080. The molecule has 0 spiro atoms. The number of carbonyl (C=O) groups is 1. The van der Waals surface area contributed by atoms with Gasteiger partial charge < -0.3 is 14.9 Å². The quantitative estimate of drug-likeness (QED) is 0.305. The summed E-state index contributed by atoms with van der Waals surface area (Å²) in [7, 11) is 1.19. The summed E-state index contributed by atoms with van der Waals surface area (Å²) in [6.07, 6.45) is 1.04. The Balaban J connectivity index is 1.95. The van der Waals surface area contributed by atoms with E-state index in [1.54, 1.807) is 60.7 Å². The zero-order chi connectivity index (χ0) is 22.4. The molecule has 3 aromatic rings. The molecule has 1 amide bonds. The van der Waals surface area contributed by atoms with E-state index >= 15 is 0 Å². The highest BCUT2D eigenvalue weighted by atomic mass is 16.6. The highest BCUT2D eigenvalue weighted by molar-refractivity contribution is 5.92. The minimum absolute atomic E-state index is 0.0112. The predicted octanol–water partition coefficient (Wildman–Crippen LogP) is 2.70. The minimum Gasteiger partial charge on any atom is -0.504 e. The van der Waals surface area contributed by atoms with Gasteiger partial charge in [0, 0.05) is 0 Å². The molecule has 0 unspecified atom stereocenters. The SMILES string of the molecule is COc1c(O)ccc(C=NNC(=O)C(O)(c2ccccc2)c2ccccc2)c1[N+](=O)[O-]. The first-order chi connectivity index (χ1) is 14.9. The fourth-order valence-corrected chi connectivity index (χ4v) is 3.10. The Hall–Kier alpha value is -4.24. The van der Waals surface area contributed by atoms with Gasteiger partial charge in [-0.25, -0.2) is 5.43 Å². The Labute approximate surface area is 177 Å². The molecule has 0 saturated carbocycles. The van der Waals surface area contributed by atoms with Crippen molar-refractivity contribution in [1.82, 2.24) is 5.43 Å². The third-order valence-electron chi connectivity index (χ3n) is 4.61. The van der Waals surface area contributed by atoms with Gasteiger partial charge >= 0.3 is 5.69 Å². The molecular formula is C22H19N3O6. The van der Waals surface area contributed by atoms with Gasteiger partial charge in [0.05, 0.1) is 23.8 Å². The van der Waals surface area contributed by atoms with E-state index in [0.29, 0.717) is 11.1 Å². The molecule has 0 heterocycles. The lowest BCUT2D eigenvalue weighted by Crippen LogP contribution is -2.43. The summed E-state index contributed by atoms with van der Waals surface area (Å²) >= 11 is 0. The number of nitro groups is 1. The Morgan fingerprint density at radius 1 is 1.06 bits per heavy atom. The van der Waals surface area contributed by atoms with Crippen molar-refractivity contribution in [3.8, 4) is 11.5 Å². The van der Waals surface area contributed by atoms with Crippen LogP contribution in [0.3, 0.4) is 0 Å². The minimum atomic E-state index is -2.04. The summed E-state index contributed by atoms with van der Waals surface area (Å²) in [5.41, 5.74) is 0.325. The van der Waals surface area contributed by atoms with Crippen LogP contribution in [0.1, 0.15) is 16.7 Å². The monoisotopic (exact) mass is 421 g/mol. The number of methoxy groups -OCH3 is 1. The van der Waals surface area contributed by atoms with Crippen molar-refractivity contribution < 1.29 is 24.7 Å². The van der Waals surface area contributed by atoms with Gasteiger partial charge in [-0.15, -0.1) is 0 Å². The van der Waals surface area contributed by atoms with Crippen LogP contribution < -0.4 is 10.2 Å². The second-order valence-electron chi connectivity index (χ2n) is 6.45. The summed E-state index contributed by atoms with van der Waals surface area (Å²) < 4.78 is 4.89. The van der Waals surface area contributed by atoms with Gasteiger partial charge in [0.25, 0.3) is 5.91 Å². The summed E-state index contributed by atoms with van der Waals surface area (Å²) in [5, 5.41) is 36.3. The largest absolute Gasteiger partial charge is 0.504 e. The molecule has 9 heteroatoms. The molecule has 3 N–H and O–H groups in total. The van der Waals surface area contributed by atoms with Crippen LogP contribution in [0.2, 0.25) is 0 Å². The van der Waals surface area contributed by atoms with Crippen molar-refractivity contribution in [3.63, 3.8) is 0 Å². The first kappa shape index (κ1) is 21.5. The van der Waals surface area contributed by atoms with Crippen LogP contribution in [0.4, 0.5) is 5.69 Å². The molecule has 0 aromatic heterocycles. The summed E-state index contributed by atoms with van der Waals surface area (Å²) in [6.45, 7) is 0. The lowest BCUT2D eigenvalue weighted by Gasteiger charge is -2.27. The number of aromatic hydroxyl groups is 1. The van der Waals surface area contributed by atoms with Crippen molar-refractivity contribution in [2.45, 2.75) is 5.60 Å². The van der Waals surface area contributed by atoms with Crippen molar-refractivity contribution in [2.24, 2.45) is 5.10 Å². The molecule has 0 bridgehead atoms. The van der Waals surface area contributed by atoms with Crippen LogP contribution in [0.25, 0.3) is 0 Å². The summed E-state index contributed by atoms with van der Waals surface area (Å²) in [4.78, 5) is 23.7. The van der Waals surface area contributed by atoms with Gasteiger partial charge in [0.15, 0.2) is 11.4 Å². The number of phenols is 1. The van der Waals surface area contributed by atoms with Crippen LogP contribution in [0, 0.1) is 10.1 Å². The number of hydrogen-bond acceptors (Lipinski definition) is 7. The van der Waals surface area contributed by atoms with Crippen LogP contribution in [0.15, 0.2) is 77.9 Å². The van der Waals surface area contributed by atoms with Gasteiger partial charge in [-0.3, -0.25) is 14.9 Å². The fraction of sp³-hybridized carbons (Fsp3) is 0.0909. The lowest BCUT2D eigenvalue weighted by atomic mass is 9.85. The maximum absolute atomic E-state index is 13.0. The zero-order valence-electron chi connectivity index (χ0n) is 16.4. The number of rotatable bonds is 7. The number of hydrogen-bond donors (Lipinski definition) is 3. The van der Waals surface area contributed by atoms with Crippen molar-refractivity contribution in [2.75, 3.05) is 7.11 Å². The summed E-state index contributed by atoms with van der Waals surface area (Å²) in [6, 6.07) is 19.1. The van der Waals surface area contributed by atoms with Crippen LogP contribution in [0.5, 0.6) is 11.5 Å². The van der Waals surface area contributed by atoms with E-state index in [0.717, 1.165) is 6.21 Å². The number of nitrogens with one attached hydrogen (secondary N) is 1. The average molecular weight is 421 g/mol. The molecule has 158 valence electrons. The van der Waals surface area contributed by atoms with Gasteiger partial charge in [0.2, 0.25) is 5.75 Å². The highest BCUT2D eigenvalue weighted by Gasteiger charge is 2.39. The Morgan fingerprint density at radius 2 is 1.61 bits per heavy atom. The molecule has 3 rings (SSSR count). The molecule has 0 aliphatic carbocycles. The second-order valence-corrected chi connectivity index (χ2v) is 6.45. The first-order valence-corrected chi connectivity index (χ1v) is 9.10. The molecule has 0 radical (unpaired) electrons. The van der Waals surface area contributed by atoms with Gasteiger partial charge in [-0.1, -0.05) is 60.7 Å². The number of ether oxygens (including phenoxy) is 1. The lowest BCUT2D eigenvalue weighted by molar-refractivity contribution is -0.386. The van der Waals surface area contributed by atoms with Crippen molar-refractivity contribution in [1.29, 1.82) is 0 Å². The molecule has 9 nitrogen and oxygen atoms in total. The number of amides is 1. The smallest absolute Gasteiger partial charge is 0.323 e. The molecule has 3 aromatic carbocycles. The number of benzene rings is 3. The number of nitro benzene ring substituents is 1. The van der Waals surface area contributed by atoms with E-state index in [1.165, 1.54) is 19.2 Å². The van der Waals surface area contributed by atoms with Crippen molar-refractivity contribution >= 4 is 17.8 Å². The van der Waals surface area contributed by atoms with E-state index in [4.69, 9.17) is 4.74 Å². The van der Waals surface area contributed by atoms with Gasteiger partial charge in [-0.05, 0) is 23.3 Å². The zero-order valence-corrected chi connectivity index (χ0v) is 16.4. The fourth-order valence-electron chi connectivity index (χ4n) is 3.10. The molecular weight excluding hydrogens is 402 g/mol. The van der Waals surface area contributed by atoms with E-state index in [1.807, 2.05) is 0 Å². The molecule has 0 saturated heterocycles. The molecule has 31 heavy (non-hydrogen) atoms. The standard InChI is InChI=1S/C22H19N3O6/c1-31-20-18(26)13-12-15(19(20)25(29)30)14-23-24-21(27)22(28,16-8-4-2-5-9-16)17-10-6-3-7-11-17/h2-14,26,28H,1H3,(H,24,27). The molecule has 0 aliphatic rings. The maximum Gasteiger partial charge on any atom is 0.323 e. The van der Waals surface area contributed by atoms with Crippen LogP contribution >= 0.6 is 0 Å². The number of aliphatic hydroxyl groups is 1. The average Bonchev–Trinajstić information content (AvgIpc) is 2.80. The number of phenolic OH excluding ortho intramolecular Hbond substituents is 1. The van der Waals surface area contributed by atoms with E-state index < -0.39 is 27.9 Å². The number of carbonyl (C=O) groups excluding carboxylic acids is 1. The third-order valence-corrected chi connectivity index (χ3v) is 4.61. The third kappa shape index (κ3) is 4.21. The van der Waals surface area contributed by atoms with Gasteiger partial charge in [0.1, 0.15) is 0 Å². The van der Waals surface area contributed by atoms with E-state index in [-0.39, 0.29) is 11.3 Å². The normalized spacial score (nSPS) is 11.3. The predicted molar refractivity (Wildman–Crippen MR) is 113 cm³/mol. The van der Waals surface area contributed by atoms with Crippen molar-refractivity contribution in [3.05, 3.63) is 99.6 Å². The van der Waals surface area contributed by atoms with Crippen LogP contribution in [-0.4, -0.2) is 34.4 Å². The first-order valence-electron chi connectivity index (χ1n) is 9.10. The Kier molecular flexibility index (Phi) is 6.27. The Morgan fingerprint density at radius 3 is 2.10 bits per heavy atom. The molecule has 0 atom stereocenters. The molecule has 0 fully saturated rings. The highest BCUT2D eigenvalue weighted by Crippen LogP contribution is 2.38.